The van der Waals surface area contributed by atoms with Gasteiger partial charge in [0.2, 0.25) is 0 Å². The number of anilines is 1. The molecule has 0 fully saturated rings. The van der Waals surface area contributed by atoms with Gasteiger partial charge < -0.3 is 10.1 Å². The van der Waals surface area contributed by atoms with Gasteiger partial charge in [0.25, 0.3) is 0 Å². The Morgan fingerprint density at radius 3 is 2.81 bits per heavy atom. The first-order valence-corrected chi connectivity index (χ1v) is 6.49. The number of benzene rings is 1. The lowest BCUT2D eigenvalue weighted by Crippen LogP contribution is -2.17. The lowest BCUT2D eigenvalue weighted by Gasteiger charge is -2.15. The molecular weight excluding hydrogens is 225 g/mol. The first kappa shape index (κ1) is 13.3. The van der Waals surface area contributed by atoms with Crippen molar-refractivity contribution in [3.63, 3.8) is 0 Å². The van der Waals surface area contributed by atoms with Crippen molar-refractivity contribution in [3.8, 4) is 0 Å². The largest absolute Gasteiger partial charge is 0.385 e. The fourth-order valence-corrected chi connectivity index (χ4v) is 1.87. The summed E-state index contributed by atoms with van der Waals surface area (Å²) in [6.45, 7) is 2.76. The number of hydrogen-bond donors (Lipinski definition) is 1. The van der Waals surface area contributed by atoms with Crippen molar-refractivity contribution < 1.29 is 9.13 Å². The molecule has 0 aliphatic rings. The highest BCUT2D eigenvalue weighted by atomic mass is 32.2. The minimum absolute atomic E-state index is 0.170. The van der Waals surface area contributed by atoms with Gasteiger partial charge in [-0.1, -0.05) is 0 Å². The quantitative estimate of drug-likeness (QED) is 0.774. The van der Waals surface area contributed by atoms with Crippen molar-refractivity contribution in [1.29, 1.82) is 0 Å². The Kier molecular flexibility index (Phi) is 5.63. The summed E-state index contributed by atoms with van der Waals surface area (Å²) in [4.78, 5) is 0.676. The van der Waals surface area contributed by atoms with E-state index in [0.717, 1.165) is 12.1 Å². The van der Waals surface area contributed by atoms with Gasteiger partial charge in [0.15, 0.2) is 0 Å². The van der Waals surface area contributed by atoms with E-state index in [1.807, 2.05) is 12.3 Å². The summed E-state index contributed by atoms with van der Waals surface area (Å²) >= 11 is 1.41. The third-order valence-electron chi connectivity index (χ3n) is 2.32. The van der Waals surface area contributed by atoms with Gasteiger partial charge in [-0.15, -0.1) is 11.8 Å². The molecule has 0 aliphatic heterocycles. The van der Waals surface area contributed by atoms with Crippen LogP contribution in [0.3, 0.4) is 0 Å². The molecular formula is C12H18FNOS. The summed E-state index contributed by atoms with van der Waals surface area (Å²) in [5.74, 6) is -0.170. The van der Waals surface area contributed by atoms with E-state index in [2.05, 4.69) is 12.2 Å². The van der Waals surface area contributed by atoms with Gasteiger partial charge in [0, 0.05) is 30.3 Å². The van der Waals surface area contributed by atoms with Gasteiger partial charge in [-0.2, -0.15) is 0 Å². The van der Waals surface area contributed by atoms with Crippen LogP contribution < -0.4 is 5.32 Å². The molecule has 0 saturated heterocycles. The van der Waals surface area contributed by atoms with E-state index in [1.54, 1.807) is 13.2 Å². The van der Waals surface area contributed by atoms with Crippen LogP contribution in [0.1, 0.15) is 13.3 Å². The minimum Gasteiger partial charge on any atom is -0.385 e. The Bertz CT molecular complexity index is 333. The summed E-state index contributed by atoms with van der Waals surface area (Å²) in [6.07, 6.45) is 2.77. The van der Waals surface area contributed by atoms with Crippen LogP contribution in [0.4, 0.5) is 10.1 Å². The molecule has 1 rings (SSSR count). The highest BCUT2D eigenvalue weighted by molar-refractivity contribution is 7.98. The third kappa shape index (κ3) is 4.02. The average molecular weight is 243 g/mol. The van der Waals surface area contributed by atoms with Crippen LogP contribution in [0, 0.1) is 5.82 Å². The van der Waals surface area contributed by atoms with Crippen molar-refractivity contribution in [3.05, 3.63) is 24.0 Å². The summed E-state index contributed by atoms with van der Waals surface area (Å²) in [5.41, 5.74) is 0.818. The van der Waals surface area contributed by atoms with E-state index in [-0.39, 0.29) is 11.9 Å². The van der Waals surface area contributed by atoms with Gasteiger partial charge in [-0.05, 0) is 37.8 Å². The predicted molar refractivity (Wildman–Crippen MR) is 67.8 cm³/mol. The van der Waals surface area contributed by atoms with Crippen molar-refractivity contribution in [2.24, 2.45) is 0 Å². The van der Waals surface area contributed by atoms with Crippen LogP contribution in [0.15, 0.2) is 23.1 Å². The Labute approximate surface area is 101 Å². The smallest absolute Gasteiger partial charge is 0.138 e. The summed E-state index contributed by atoms with van der Waals surface area (Å²) in [5, 5.41) is 3.24. The minimum atomic E-state index is -0.170. The highest BCUT2D eigenvalue weighted by Gasteiger charge is 2.05. The zero-order chi connectivity index (χ0) is 12.0. The normalized spacial score (nSPS) is 12.5. The van der Waals surface area contributed by atoms with Crippen molar-refractivity contribution in [2.45, 2.75) is 24.3 Å². The third-order valence-corrected chi connectivity index (χ3v) is 3.09. The van der Waals surface area contributed by atoms with Crippen molar-refractivity contribution in [1.82, 2.24) is 0 Å². The van der Waals surface area contributed by atoms with E-state index in [4.69, 9.17) is 4.74 Å². The molecule has 1 atom stereocenters. The summed E-state index contributed by atoms with van der Waals surface area (Å²) in [7, 11) is 1.68. The first-order valence-electron chi connectivity index (χ1n) is 5.26. The zero-order valence-corrected chi connectivity index (χ0v) is 10.7. The van der Waals surface area contributed by atoms with Gasteiger partial charge in [0.05, 0.1) is 0 Å². The van der Waals surface area contributed by atoms with E-state index >= 15 is 0 Å². The molecule has 1 unspecified atom stereocenters. The molecule has 4 heteroatoms. The molecule has 0 aromatic heterocycles. The monoisotopic (exact) mass is 243 g/mol. The molecule has 1 aromatic carbocycles. The summed E-state index contributed by atoms with van der Waals surface area (Å²) < 4.78 is 18.5. The van der Waals surface area contributed by atoms with Crippen molar-refractivity contribution >= 4 is 17.4 Å². The van der Waals surface area contributed by atoms with Gasteiger partial charge >= 0.3 is 0 Å². The molecule has 0 amide bonds. The van der Waals surface area contributed by atoms with E-state index in [0.29, 0.717) is 11.5 Å². The Balaban J connectivity index is 2.57. The fraction of sp³-hybridized carbons (Fsp3) is 0.500. The lowest BCUT2D eigenvalue weighted by molar-refractivity contribution is 0.191. The molecule has 90 valence electrons. The maximum atomic E-state index is 13.5. The van der Waals surface area contributed by atoms with Crippen LogP contribution >= 0.6 is 11.8 Å². The number of methoxy groups -OCH3 is 1. The number of thioether (sulfide) groups is 1. The summed E-state index contributed by atoms with van der Waals surface area (Å²) in [6, 6.07) is 5.51. The molecule has 0 saturated carbocycles. The SMILES string of the molecule is COCCC(C)Nc1ccc(SC)c(F)c1. The Hall–Kier alpha value is -0.740. The van der Waals surface area contributed by atoms with E-state index < -0.39 is 0 Å². The van der Waals surface area contributed by atoms with E-state index in [1.165, 1.54) is 17.8 Å². The molecule has 1 N–H and O–H groups in total. The fourth-order valence-electron chi connectivity index (χ4n) is 1.41. The predicted octanol–water partition coefficient (Wildman–Crippen LogP) is 3.38. The van der Waals surface area contributed by atoms with Crippen LogP contribution in [-0.4, -0.2) is 26.0 Å². The molecule has 16 heavy (non-hydrogen) atoms. The molecule has 0 aliphatic carbocycles. The second-order valence-corrected chi connectivity index (χ2v) is 4.52. The first-order chi connectivity index (χ1) is 7.67. The molecule has 0 radical (unpaired) electrons. The second kappa shape index (κ2) is 6.76. The molecule has 2 nitrogen and oxygen atoms in total. The highest BCUT2D eigenvalue weighted by Crippen LogP contribution is 2.22. The topological polar surface area (TPSA) is 21.3 Å². The van der Waals surface area contributed by atoms with Gasteiger partial charge in [0.1, 0.15) is 5.82 Å². The Morgan fingerprint density at radius 1 is 1.50 bits per heavy atom. The van der Waals surface area contributed by atoms with Crippen molar-refractivity contribution in [2.75, 3.05) is 25.3 Å². The molecule has 1 aromatic rings. The second-order valence-electron chi connectivity index (χ2n) is 3.68. The average Bonchev–Trinajstić information content (AvgIpc) is 2.26. The number of ether oxygens (including phenoxy) is 1. The van der Waals surface area contributed by atoms with Gasteiger partial charge in [-0.25, -0.2) is 4.39 Å². The Morgan fingerprint density at radius 2 is 2.25 bits per heavy atom. The van der Waals surface area contributed by atoms with Crippen LogP contribution in [0.25, 0.3) is 0 Å². The molecule has 0 heterocycles. The van der Waals surface area contributed by atoms with Gasteiger partial charge in [-0.3, -0.25) is 0 Å². The maximum Gasteiger partial charge on any atom is 0.138 e. The maximum absolute atomic E-state index is 13.5. The number of nitrogens with one attached hydrogen (secondary N) is 1. The number of rotatable bonds is 6. The lowest BCUT2D eigenvalue weighted by atomic mass is 10.2. The number of halogens is 1. The van der Waals surface area contributed by atoms with E-state index in [9.17, 15) is 4.39 Å². The van der Waals surface area contributed by atoms with Crippen LogP contribution in [-0.2, 0) is 4.74 Å². The van der Waals surface area contributed by atoms with Crippen LogP contribution in [0.5, 0.6) is 0 Å². The molecule has 0 spiro atoms. The zero-order valence-electron chi connectivity index (χ0n) is 9.92. The standard InChI is InChI=1S/C12H18FNOS/c1-9(6-7-15-2)14-10-4-5-12(16-3)11(13)8-10/h4-5,8-9,14H,6-7H2,1-3H3. The van der Waals surface area contributed by atoms with Crippen LogP contribution in [0.2, 0.25) is 0 Å². The molecule has 0 bridgehead atoms. The number of hydrogen-bond acceptors (Lipinski definition) is 3.